The Hall–Kier alpha value is -1.35. The number of fused-ring (bicyclic) bond motifs is 6. The molecule has 5 aliphatic rings. The molecule has 1 aliphatic heterocycles. The summed E-state index contributed by atoms with van der Waals surface area (Å²) in [5, 5.41) is 12.8. The number of rotatable bonds is 2. The van der Waals surface area contributed by atoms with Crippen molar-refractivity contribution in [2.75, 3.05) is 6.61 Å². The molecule has 7 atom stereocenters. The highest BCUT2D eigenvalue weighted by molar-refractivity contribution is 5.96. The maximum absolute atomic E-state index is 9.25. The van der Waals surface area contributed by atoms with Gasteiger partial charge in [-0.2, -0.15) is 0 Å². The highest BCUT2D eigenvalue weighted by Gasteiger charge is 2.65. The molecule has 4 aliphatic carbocycles. The molecule has 27 heavy (non-hydrogen) atoms. The van der Waals surface area contributed by atoms with E-state index in [1.54, 1.807) is 0 Å². The van der Waals surface area contributed by atoms with Crippen molar-refractivity contribution in [1.82, 2.24) is 0 Å². The lowest BCUT2D eigenvalue weighted by atomic mass is 9.47. The second-order valence-electron chi connectivity index (χ2n) is 9.60. The van der Waals surface area contributed by atoms with Crippen molar-refractivity contribution in [2.24, 2.45) is 40.2 Å². The van der Waals surface area contributed by atoms with E-state index < -0.39 is 0 Å². The van der Waals surface area contributed by atoms with E-state index in [9.17, 15) is 5.21 Å². The fourth-order valence-corrected chi connectivity index (χ4v) is 8.16. The zero-order valence-corrected chi connectivity index (χ0v) is 16.6. The second kappa shape index (κ2) is 6.34. The van der Waals surface area contributed by atoms with Crippen molar-refractivity contribution in [1.29, 1.82) is 0 Å². The zero-order chi connectivity index (χ0) is 18.6. The lowest BCUT2D eigenvalue weighted by molar-refractivity contribution is -0.128. The van der Waals surface area contributed by atoms with Gasteiger partial charge in [0, 0.05) is 5.41 Å². The van der Waals surface area contributed by atoms with E-state index in [1.807, 2.05) is 0 Å². The van der Waals surface area contributed by atoms with Crippen molar-refractivity contribution < 1.29 is 9.94 Å². The van der Waals surface area contributed by atoms with Crippen LogP contribution in [0.5, 0.6) is 0 Å². The first-order chi connectivity index (χ1) is 13.2. The molecule has 1 heterocycles. The summed E-state index contributed by atoms with van der Waals surface area (Å²) in [6.07, 6.45) is 18.6. The van der Waals surface area contributed by atoms with E-state index in [0.717, 1.165) is 49.3 Å². The molecule has 5 rings (SSSR count). The minimum absolute atomic E-state index is 0.00248. The molecule has 0 bridgehead atoms. The van der Waals surface area contributed by atoms with Gasteiger partial charge in [-0.15, -0.1) is 6.58 Å². The molecule has 3 heteroatoms. The van der Waals surface area contributed by atoms with Gasteiger partial charge in [0.15, 0.2) is 0 Å². The molecule has 3 unspecified atom stereocenters. The van der Waals surface area contributed by atoms with Gasteiger partial charge in [0.25, 0.3) is 0 Å². The van der Waals surface area contributed by atoms with Gasteiger partial charge in [0.2, 0.25) is 0 Å². The SMILES string of the molecule is C=C[C@@H]1CC2=C/C(=N/O)CC[C@@H]2C2CC[C@@]3(CC)C(CC[C@@]34C=CCO4)C21. The third-order valence-corrected chi connectivity index (χ3v) is 9.17. The van der Waals surface area contributed by atoms with Crippen LogP contribution in [-0.2, 0) is 4.74 Å². The zero-order valence-electron chi connectivity index (χ0n) is 16.6. The lowest BCUT2D eigenvalue weighted by Crippen LogP contribution is -2.55. The van der Waals surface area contributed by atoms with Crippen LogP contribution in [0.3, 0.4) is 0 Å². The van der Waals surface area contributed by atoms with Crippen molar-refractivity contribution in [3.8, 4) is 0 Å². The molecule has 0 aromatic carbocycles. The second-order valence-corrected chi connectivity index (χ2v) is 9.60. The van der Waals surface area contributed by atoms with Gasteiger partial charge in [-0.1, -0.05) is 35.9 Å². The van der Waals surface area contributed by atoms with Gasteiger partial charge in [0.05, 0.1) is 17.9 Å². The van der Waals surface area contributed by atoms with Crippen molar-refractivity contribution in [2.45, 2.75) is 63.9 Å². The third kappa shape index (κ3) is 2.27. The van der Waals surface area contributed by atoms with Crippen molar-refractivity contribution in [3.05, 3.63) is 36.5 Å². The number of nitrogens with zero attached hydrogens (tertiary/aromatic N) is 1. The summed E-state index contributed by atoms with van der Waals surface area (Å²) in [6, 6.07) is 0. The van der Waals surface area contributed by atoms with E-state index in [1.165, 1.54) is 37.7 Å². The van der Waals surface area contributed by atoms with E-state index in [4.69, 9.17) is 4.74 Å². The summed E-state index contributed by atoms with van der Waals surface area (Å²) in [5.74, 6) is 3.48. The van der Waals surface area contributed by atoms with Crippen LogP contribution >= 0.6 is 0 Å². The summed E-state index contributed by atoms with van der Waals surface area (Å²) in [5.41, 5.74) is 2.71. The molecule has 1 spiro atoms. The first-order valence-corrected chi connectivity index (χ1v) is 11.0. The van der Waals surface area contributed by atoms with Gasteiger partial charge in [-0.25, -0.2) is 0 Å². The Bertz CT molecular complexity index is 722. The highest BCUT2D eigenvalue weighted by Crippen LogP contribution is 2.69. The molecule has 3 nitrogen and oxygen atoms in total. The van der Waals surface area contributed by atoms with Crippen LogP contribution in [-0.4, -0.2) is 23.1 Å². The first-order valence-electron chi connectivity index (χ1n) is 11.0. The molecule has 0 saturated heterocycles. The van der Waals surface area contributed by atoms with Gasteiger partial charge < -0.3 is 9.94 Å². The number of hydrogen-bond donors (Lipinski definition) is 1. The predicted octanol–water partition coefficient (Wildman–Crippen LogP) is 5.52. The predicted molar refractivity (Wildman–Crippen MR) is 108 cm³/mol. The monoisotopic (exact) mass is 367 g/mol. The van der Waals surface area contributed by atoms with Crippen LogP contribution in [0.4, 0.5) is 0 Å². The summed E-state index contributed by atoms with van der Waals surface area (Å²) in [6.45, 7) is 7.45. The van der Waals surface area contributed by atoms with Crippen molar-refractivity contribution >= 4 is 5.71 Å². The molecular weight excluding hydrogens is 334 g/mol. The average Bonchev–Trinajstić information content (AvgIpc) is 3.33. The molecule has 3 saturated carbocycles. The Morgan fingerprint density at radius 3 is 2.93 bits per heavy atom. The molecule has 0 amide bonds. The molecule has 146 valence electrons. The molecule has 0 radical (unpaired) electrons. The molecule has 0 aromatic heterocycles. The van der Waals surface area contributed by atoms with Crippen LogP contribution in [0.15, 0.2) is 41.6 Å². The number of oxime groups is 1. The molecule has 0 aromatic rings. The van der Waals surface area contributed by atoms with E-state index >= 15 is 0 Å². The van der Waals surface area contributed by atoms with Gasteiger partial charge in [-0.3, -0.25) is 0 Å². The van der Waals surface area contributed by atoms with Gasteiger partial charge >= 0.3 is 0 Å². The van der Waals surface area contributed by atoms with E-state index in [2.05, 4.69) is 43.0 Å². The number of ether oxygens (including phenoxy) is 1. The normalized spacial score (nSPS) is 49.6. The molecular formula is C24H33NO2. The van der Waals surface area contributed by atoms with Crippen LogP contribution in [0, 0.1) is 35.0 Å². The largest absolute Gasteiger partial charge is 0.411 e. The molecule has 1 N–H and O–H groups in total. The van der Waals surface area contributed by atoms with E-state index in [-0.39, 0.29) is 5.60 Å². The smallest absolute Gasteiger partial charge is 0.0926 e. The Morgan fingerprint density at radius 2 is 2.22 bits per heavy atom. The summed E-state index contributed by atoms with van der Waals surface area (Å²) in [4.78, 5) is 0. The van der Waals surface area contributed by atoms with Gasteiger partial charge in [0.1, 0.15) is 0 Å². The average molecular weight is 368 g/mol. The summed E-state index contributed by atoms with van der Waals surface area (Å²) >= 11 is 0. The quantitative estimate of drug-likeness (QED) is 0.397. The topological polar surface area (TPSA) is 41.8 Å². The van der Waals surface area contributed by atoms with Crippen molar-refractivity contribution in [3.63, 3.8) is 0 Å². The third-order valence-electron chi connectivity index (χ3n) is 9.17. The van der Waals surface area contributed by atoms with Crippen LogP contribution < -0.4 is 0 Å². The highest BCUT2D eigenvalue weighted by atomic mass is 16.5. The minimum Gasteiger partial charge on any atom is -0.411 e. The minimum atomic E-state index is 0.00248. The number of allylic oxidation sites excluding steroid dienone is 3. The fraction of sp³-hybridized carbons (Fsp3) is 0.708. The Balaban J connectivity index is 1.54. The fourth-order valence-electron chi connectivity index (χ4n) is 8.16. The Kier molecular flexibility index (Phi) is 4.16. The van der Waals surface area contributed by atoms with E-state index in [0.29, 0.717) is 17.3 Å². The van der Waals surface area contributed by atoms with Gasteiger partial charge in [-0.05, 0) is 87.0 Å². The van der Waals surface area contributed by atoms with Crippen LogP contribution in [0.25, 0.3) is 0 Å². The maximum Gasteiger partial charge on any atom is 0.0926 e. The maximum atomic E-state index is 9.25. The summed E-state index contributed by atoms with van der Waals surface area (Å²) < 4.78 is 6.46. The first kappa shape index (κ1) is 17.7. The standard InChI is InChI=1S/C24H33NO2/c1-3-16-14-17-15-18(25-26)6-7-19(17)20-8-11-23(4-2)21(22(16)20)9-12-24(23)10-5-13-27-24/h3,5,10,15-16,19-22,26H,1,4,6-9,11-14H2,2H3/b25-18+/t16-,19+,20?,21?,22?,23+,24+/m1/s1. The summed E-state index contributed by atoms with van der Waals surface area (Å²) in [7, 11) is 0. The van der Waals surface area contributed by atoms with Crippen LogP contribution in [0.2, 0.25) is 0 Å². The Morgan fingerprint density at radius 1 is 1.33 bits per heavy atom. The van der Waals surface area contributed by atoms with Crippen LogP contribution in [0.1, 0.15) is 58.3 Å². The molecule has 3 fully saturated rings. The Labute approximate surface area is 163 Å². The number of hydrogen-bond acceptors (Lipinski definition) is 3. The lowest BCUT2D eigenvalue weighted by Gasteiger charge is -2.58.